The van der Waals surface area contributed by atoms with E-state index >= 15 is 0 Å². The van der Waals surface area contributed by atoms with Gasteiger partial charge in [-0.3, -0.25) is 13.8 Å². The lowest BCUT2D eigenvalue weighted by atomic mass is 10.2. The van der Waals surface area contributed by atoms with E-state index in [1.165, 1.54) is 4.57 Å². The van der Waals surface area contributed by atoms with Gasteiger partial charge in [0.1, 0.15) is 6.33 Å². The van der Waals surface area contributed by atoms with Gasteiger partial charge in [-0.15, -0.1) is 10.2 Å². The zero-order valence-corrected chi connectivity index (χ0v) is 9.01. The van der Waals surface area contributed by atoms with E-state index in [9.17, 15) is 4.79 Å². The predicted molar refractivity (Wildman–Crippen MR) is 60.5 cm³/mol. The summed E-state index contributed by atoms with van der Waals surface area (Å²) in [6.07, 6.45) is 1.62. The molecule has 5 nitrogen and oxygen atoms in total. The Morgan fingerprint density at radius 1 is 1.31 bits per heavy atom. The van der Waals surface area contributed by atoms with Crippen molar-refractivity contribution in [3.63, 3.8) is 0 Å². The average Bonchev–Trinajstić information content (AvgIpc) is 2.75. The molecule has 0 saturated carbocycles. The number of benzene rings is 1. The van der Waals surface area contributed by atoms with Crippen LogP contribution in [0.5, 0.6) is 0 Å². The van der Waals surface area contributed by atoms with Crippen LogP contribution in [-0.4, -0.2) is 19.2 Å². The Morgan fingerprint density at radius 3 is 2.94 bits per heavy atom. The van der Waals surface area contributed by atoms with Crippen molar-refractivity contribution in [3.8, 4) is 0 Å². The number of aromatic nitrogens is 4. The first-order valence-electron chi connectivity index (χ1n) is 4.97. The summed E-state index contributed by atoms with van der Waals surface area (Å²) in [7, 11) is 1.70. The summed E-state index contributed by atoms with van der Waals surface area (Å²) in [6, 6.07) is 5.78. The second kappa shape index (κ2) is 2.91. The molecule has 0 unspecified atom stereocenters. The van der Waals surface area contributed by atoms with E-state index in [1.807, 2.05) is 29.5 Å². The van der Waals surface area contributed by atoms with Crippen LogP contribution in [0, 0.1) is 6.92 Å². The van der Waals surface area contributed by atoms with Crippen LogP contribution in [0.3, 0.4) is 0 Å². The number of aryl methyl sites for hydroxylation is 2. The second-order valence-corrected chi connectivity index (χ2v) is 3.89. The maximum absolute atomic E-state index is 12.1. The maximum Gasteiger partial charge on any atom is 0.262 e. The van der Waals surface area contributed by atoms with Gasteiger partial charge in [0.2, 0.25) is 5.78 Å². The van der Waals surface area contributed by atoms with E-state index in [4.69, 9.17) is 0 Å². The molecule has 2 aromatic heterocycles. The topological polar surface area (TPSA) is 52.2 Å². The number of hydrogen-bond acceptors (Lipinski definition) is 3. The molecule has 16 heavy (non-hydrogen) atoms. The minimum atomic E-state index is -0.0424. The summed E-state index contributed by atoms with van der Waals surface area (Å²) in [5.41, 5.74) is 1.87. The summed E-state index contributed by atoms with van der Waals surface area (Å²) < 4.78 is 3.32. The fraction of sp³-hybridized carbons (Fsp3) is 0.182. The molecule has 0 radical (unpaired) electrons. The van der Waals surface area contributed by atoms with E-state index < -0.39 is 0 Å². The zero-order chi connectivity index (χ0) is 11.3. The standard InChI is InChI=1S/C11H10N4O/c1-7-3-4-9-8(5-7)10(16)14(2)11-13-12-6-15(9)11/h3-6H,1-2H3. The van der Waals surface area contributed by atoms with Crippen LogP contribution < -0.4 is 5.56 Å². The third kappa shape index (κ3) is 1.02. The highest BCUT2D eigenvalue weighted by Gasteiger charge is 2.09. The van der Waals surface area contributed by atoms with E-state index in [1.54, 1.807) is 13.4 Å². The van der Waals surface area contributed by atoms with Crippen LogP contribution in [0.4, 0.5) is 0 Å². The minimum Gasteiger partial charge on any atom is -0.279 e. The molecule has 2 heterocycles. The third-order valence-electron chi connectivity index (χ3n) is 2.78. The fourth-order valence-corrected chi connectivity index (χ4v) is 1.93. The van der Waals surface area contributed by atoms with Crippen LogP contribution in [0.1, 0.15) is 5.56 Å². The van der Waals surface area contributed by atoms with Gasteiger partial charge in [0.15, 0.2) is 0 Å². The molecule has 0 amide bonds. The Labute approximate surface area is 91.0 Å². The van der Waals surface area contributed by atoms with E-state index in [0.717, 1.165) is 11.1 Å². The maximum atomic E-state index is 12.1. The van der Waals surface area contributed by atoms with E-state index in [2.05, 4.69) is 10.2 Å². The first-order chi connectivity index (χ1) is 7.68. The minimum absolute atomic E-state index is 0.0424. The molecule has 0 spiro atoms. The largest absolute Gasteiger partial charge is 0.279 e. The van der Waals surface area contributed by atoms with Crippen LogP contribution in [-0.2, 0) is 7.05 Å². The molecule has 0 saturated heterocycles. The van der Waals surface area contributed by atoms with Crippen molar-refractivity contribution in [1.29, 1.82) is 0 Å². The summed E-state index contributed by atoms with van der Waals surface area (Å²) >= 11 is 0. The first-order valence-corrected chi connectivity index (χ1v) is 4.97. The normalized spacial score (nSPS) is 11.4. The molecule has 0 aliphatic carbocycles. The Kier molecular flexibility index (Phi) is 1.65. The second-order valence-electron chi connectivity index (χ2n) is 3.89. The SMILES string of the molecule is Cc1ccc2c(c1)c(=O)n(C)c1nncn21. The van der Waals surface area contributed by atoms with Gasteiger partial charge in [-0.05, 0) is 19.1 Å². The van der Waals surface area contributed by atoms with Crippen LogP contribution in [0.2, 0.25) is 0 Å². The molecule has 0 aliphatic rings. The number of nitrogens with zero attached hydrogens (tertiary/aromatic N) is 4. The van der Waals surface area contributed by atoms with Gasteiger partial charge in [-0.25, -0.2) is 0 Å². The highest BCUT2D eigenvalue weighted by molar-refractivity contribution is 5.80. The lowest BCUT2D eigenvalue weighted by Crippen LogP contribution is -2.19. The number of rotatable bonds is 0. The highest BCUT2D eigenvalue weighted by Crippen LogP contribution is 2.13. The third-order valence-corrected chi connectivity index (χ3v) is 2.78. The molecule has 0 bridgehead atoms. The van der Waals surface area contributed by atoms with Crippen LogP contribution in [0.15, 0.2) is 29.3 Å². The van der Waals surface area contributed by atoms with Crippen molar-refractivity contribution in [2.45, 2.75) is 6.92 Å². The van der Waals surface area contributed by atoms with Crippen molar-refractivity contribution in [3.05, 3.63) is 40.4 Å². The van der Waals surface area contributed by atoms with Gasteiger partial charge >= 0.3 is 0 Å². The molecule has 1 aromatic carbocycles. The predicted octanol–water partition coefficient (Wildman–Crippen LogP) is 0.890. The number of fused-ring (bicyclic) bond motifs is 3. The van der Waals surface area contributed by atoms with Crippen molar-refractivity contribution >= 4 is 16.7 Å². The Hall–Kier alpha value is -2.17. The van der Waals surface area contributed by atoms with Crippen LogP contribution >= 0.6 is 0 Å². The summed E-state index contributed by atoms with van der Waals surface area (Å²) in [5.74, 6) is 0.557. The quantitative estimate of drug-likeness (QED) is 0.558. The van der Waals surface area contributed by atoms with Crippen molar-refractivity contribution in [2.24, 2.45) is 7.05 Å². The van der Waals surface area contributed by atoms with Crippen molar-refractivity contribution in [2.75, 3.05) is 0 Å². The lowest BCUT2D eigenvalue weighted by molar-refractivity contribution is 0.859. The summed E-state index contributed by atoms with van der Waals surface area (Å²) in [4.78, 5) is 12.1. The molecule has 0 atom stereocenters. The van der Waals surface area contributed by atoms with Crippen molar-refractivity contribution < 1.29 is 0 Å². The zero-order valence-electron chi connectivity index (χ0n) is 9.01. The molecule has 3 rings (SSSR count). The molecule has 0 aliphatic heterocycles. The monoisotopic (exact) mass is 214 g/mol. The Bertz CT molecular complexity index is 754. The summed E-state index contributed by atoms with van der Waals surface area (Å²) in [5, 5.41) is 8.45. The summed E-state index contributed by atoms with van der Waals surface area (Å²) in [6.45, 7) is 1.97. The van der Waals surface area contributed by atoms with Gasteiger partial charge in [0, 0.05) is 7.05 Å². The molecule has 0 N–H and O–H groups in total. The molecule has 80 valence electrons. The van der Waals surface area contributed by atoms with Gasteiger partial charge in [0.05, 0.1) is 10.9 Å². The van der Waals surface area contributed by atoms with Gasteiger partial charge < -0.3 is 0 Å². The molecular weight excluding hydrogens is 204 g/mol. The lowest BCUT2D eigenvalue weighted by Gasteiger charge is -2.05. The van der Waals surface area contributed by atoms with Gasteiger partial charge in [-0.2, -0.15) is 0 Å². The fourth-order valence-electron chi connectivity index (χ4n) is 1.93. The first kappa shape index (κ1) is 9.08. The molecule has 0 fully saturated rings. The van der Waals surface area contributed by atoms with Crippen molar-refractivity contribution in [1.82, 2.24) is 19.2 Å². The van der Waals surface area contributed by atoms with Gasteiger partial charge in [-0.1, -0.05) is 11.6 Å². The highest BCUT2D eigenvalue weighted by atomic mass is 16.1. The van der Waals surface area contributed by atoms with E-state index in [0.29, 0.717) is 11.2 Å². The van der Waals surface area contributed by atoms with Crippen LogP contribution in [0.25, 0.3) is 16.7 Å². The Morgan fingerprint density at radius 2 is 2.12 bits per heavy atom. The Balaban J connectivity index is 2.71. The van der Waals surface area contributed by atoms with E-state index in [-0.39, 0.29) is 5.56 Å². The van der Waals surface area contributed by atoms with Gasteiger partial charge in [0.25, 0.3) is 5.56 Å². The average molecular weight is 214 g/mol. The molecule has 5 heteroatoms. The molecular formula is C11H10N4O. The number of hydrogen-bond donors (Lipinski definition) is 0. The molecule has 3 aromatic rings. The smallest absolute Gasteiger partial charge is 0.262 e.